The third-order valence-electron chi connectivity index (χ3n) is 4.95. The topological polar surface area (TPSA) is 34.5 Å². The minimum atomic E-state index is 0.0812. The van der Waals surface area contributed by atoms with E-state index >= 15 is 0 Å². The number of aromatic nitrogens is 1. The van der Waals surface area contributed by atoms with Crippen LogP contribution in [0.4, 0.5) is 0 Å². The highest BCUT2D eigenvalue weighted by Gasteiger charge is 2.25. The van der Waals surface area contributed by atoms with Crippen molar-refractivity contribution in [1.29, 1.82) is 0 Å². The van der Waals surface area contributed by atoms with Gasteiger partial charge in [-0.1, -0.05) is 18.2 Å². The van der Waals surface area contributed by atoms with Crippen LogP contribution in [0, 0.1) is 20.8 Å². The van der Waals surface area contributed by atoms with Gasteiger partial charge in [-0.15, -0.1) is 0 Å². The Kier molecular flexibility index (Phi) is 4.93. The number of hydrogen-bond donors (Lipinski definition) is 0. The van der Waals surface area contributed by atoms with Gasteiger partial charge in [-0.2, -0.15) is 0 Å². The quantitative estimate of drug-likeness (QED) is 0.859. The highest BCUT2D eigenvalue weighted by Crippen LogP contribution is 2.26. The zero-order chi connectivity index (χ0) is 17.1. The van der Waals surface area contributed by atoms with Crippen molar-refractivity contribution >= 4 is 5.91 Å². The first-order chi connectivity index (χ1) is 11.6. The standard InChI is InChI=1S/C20H26N2O2/c1-15-6-4-5-7-19(15)24-14-20(23)21-12-10-18(11-13-21)22-16(2)8-9-17(22)3/h4-9,18H,10-14H2,1-3H3. The molecule has 1 saturated heterocycles. The molecule has 0 atom stereocenters. The van der Waals surface area contributed by atoms with Gasteiger partial charge in [0.15, 0.2) is 6.61 Å². The number of ether oxygens (including phenoxy) is 1. The molecule has 1 aliphatic rings. The van der Waals surface area contributed by atoms with E-state index in [-0.39, 0.29) is 12.5 Å². The van der Waals surface area contributed by atoms with E-state index in [1.807, 2.05) is 36.1 Å². The molecular formula is C20H26N2O2. The summed E-state index contributed by atoms with van der Waals surface area (Å²) in [4.78, 5) is 14.3. The maximum Gasteiger partial charge on any atom is 0.260 e. The molecule has 1 fully saturated rings. The molecule has 1 aliphatic heterocycles. The third kappa shape index (κ3) is 3.48. The highest BCUT2D eigenvalue weighted by atomic mass is 16.5. The second-order valence-electron chi connectivity index (χ2n) is 6.65. The number of para-hydroxylation sites is 1. The molecule has 4 nitrogen and oxygen atoms in total. The number of rotatable bonds is 4. The Labute approximate surface area is 144 Å². The molecule has 2 aromatic rings. The Hall–Kier alpha value is -2.23. The third-order valence-corrected chi connectivity index (χ3v) is 4.95. The summed E-state index contributed by atoms with van der Waals surface area (Å²) in [5.41, 5.74) is 3.67. The fraction of sp³-hybridized carbons (Fsp3) is 0.450. The summed E-state index contributed by atoms with van der Waals surface area (Å²) in [5.74, 6) is 0.872. The van der Waals surface area contributed by atoms with Crippen molar-refractivity contribution in [2.45, 2.75) is 39.7 Å². The minimum Gasteiger partial charge on any atom is -0.484 e. The van der Waals surface area contributed by atoms with Gasteiger partial charge >= 0.3 is 0 Å². The van der Waals surface area contributed by atoms with Crippen LogP contribution in [0.1, 0.15) is 35.8 Å². The van der Waals surface area contributed by atoms with Gasteiger partial charge in [0.05, 0.1) is 0 Å². The number of aryl methyl sites for hydroxylation is 3. The lowest BCUT2D eigenvalue weighted by molar-refractivity contribution is -0.134. The zero-order valence-electron chi connectivity index (χ0n) is 14.8. The van der Waals surface area contributed by atoms with Crippen molar-refractivity contribution in [2.24, 2.45) is 0 Å². The van der Waals surface area contributed by atoms with Crippen molar-refractivity contribution in [3.63, 3.8) is 0 Å². The maximum atomic E-state index is 12.4. The van der Waals surface area contributed by atoms with Crippen LogP contribution >= 0.6 is 0 Å². The first-order valence-electron chi connectivity index (χ1n) is 8.67. The number of carbonyl (C=O) groups is 1. The van der Waals surface area contributed by atoms with Gasteiger partial charge in [0.25, 0.3) is 5.91 Å². The molecule has 4 heteroatoms. The molecule has 1 aromatic heterocycles. The summed E-state index contributed by atoms with van der Waals surface area (Å²) >= 11 is 0. The van der Waals surface area contributed by atoms with E-state index in [0.717, 1.165) is 37.2 Å². The van der Waals surface area contributed by atoms with Crippen molar-refractivity contribution in [3.8, 4) is 5.75 Å². The molecule has 24 heavy (non-hydrogen) atoms. The molecule has 0 unspecified atom stereocenters. The molecule has 1 aromatic carbocycles. The van der Waals surface area contributed by atoms with Gasteiger partial charge in [-0.05, 0) is 57.4 Å². The first kappa shape index (κ1) is 16.6. The predicted octanol–water partition coefficient (Wildman–Crippen LogP) is 3.66. The molecule has 0 aliphatic carbocycles. The summed E-state index contributed by atoms with van der Waals surface area (Å²) in [7, 11) is 0. The average molecular weight is 326 g/mol. The smallest absolute Gasteiger partial charge is 0.260 e. The molecule has 1 amide bonds. The molecule has 0 saturated carbocycles. The fourth-order valence-corrected chi connectivity index (χ4v) is 3.58. The predicted molar refractivity (Wildman–Crippen MR) is 95.4 cm³/mol. The van der Waals surface area contributed by atoms with E-state index in [2.05, 4.69) is 30.5 Å². The Morgan fingerprint density at radius 2 is 1.67 bits per heavy atom. The van der Waals surface area contributed by atoms with Crippen LogP contribution < -0.4 is 4.74 Å². The molecule has 3 rings (SSSR count). The molecule has 2 heterocycles. The van der Waals surface area contributed by atoms with Crippen LogP contribution in [0.25, 0.3) is 0 Å². The van der Waals surface area contributed by atoms with E-state index in [1.54, 1.807) is 0 Å². The van der Waals surface area contributed by atoms with Crippen LogP contribution in [-0.4, -0.2) is 35.1 Å². The summed E-state index contributed by atoms with van der Waals surface area (Å²) in [5, 5.41) is 0. The number of nitrogens with zero attached hydrogens (tertiary/aromatic N) is 2. The number of carbonyl (C=O) groups excluding carboxylic acids is 1. The van der Waals surface area contributed by atoms with Crippen molar-refractivity contribution in [1.82, 2.24) is 9.47 Å². The zero-order valence-corrected chi connectivity index (χ0v) is 14.8. The normalized spacial score (nSPS) is 15.5. The van der Waals surface area contributed by atoms with Crippen molar-refractivity contribution < 1.29 is 9.53 Å². The lowest BCUT2D eigenvalue weighted by atomic mass is 10.0. The van der Waals surface area contributed by atoms with Crippen LogP contribution in [0.5, 0.6) is 5.75 Å². The minimum absolute atomic E-state index is 0.0812. The van der Waals surface area contributed by atoms with Crippen LogP contribution in [-0.2, 0) is 4.79 Å². The fourth-order valence-electron chi connectivity index (χ4n) is 3.58. The lowest BCUT2D eigenvalue weighted by Gasteiger charge is -2.34. The largest absolute Gasteiger partial charge is 0.484 e. The van der Waals surface area contributed by atoms with E-state index in [1.165, 1.54) is 11.4 Å². The van der Waals surface area contributed by atoms with Gasteiger partial charge in [-0.25, -0.2) is 0 Å². The SMILES string of the molecule is Cc1ccccc1OCC(=O)N1CCC(n2c(C)ccc2C)CC1. The van der Waals surface area contributed by atoms with E-state index in [9.17, 15) is 4.79 Å². The second-order valence-corrected chi connectivity index (χ2v) is 6.65. The van der Waals surface area contributed by atoms with Gasteiger partial charge in [0, 0.05) is 30.5 Å². The summed E-state index contributed by atoms with van der Waals surface area (Å²) < 4.78 is 8.10. The van der Waals surface area contributed by atoms with Crippen LogP contribution in [0.15, 0.2) is 36.4 Å². The molecule has 0 spiro atoms. The van der Waals surface area contributed by atoms with Crippen molar-refractivity contribution in [2.75, 3.05) is 19.7 Å². The summed E-state index contributed by atoms with van der Waals surface area (Å²) in [6, 6.07) is 12.6. The molecular weight excluding hydrogens is 300 g/mol. The number of hydrogen-bond acceptors (Lipinski definition) is 2. The van der Waals surface area contributed by atoms with Gasteiger partial charge in [-0.3, -0.25) is 4.79 Å². The second kappa shape index (κ2) is 7.12. The Balaban J connectivity index is 1.53. The summed E-state index contributed by atoms with van der Waals surface area (Å²) in [6.45, 7) is 8.03. The molecule has 0 N–H and O–H groups in total. The number of benzene rings is 1. The highest BCUT2D eigenvalue weighted by molar-refractivity contribution is 5.77. The number of piperidine rings is 1. The molecule has 0 radical (unpaired) electrons. The lowest BCUT2D eigenvalue weighted by Crippen LogP contribution is -2.41. The summed E-state index contributed by atoms with van der Waals surface area (Å²) in [6.07, 6.45) is 2.01. The Morgan fingerprint density at radius 3 is 2.29 bits per heavy atom. The van der Waals surface area contributed by atoms with Gasteiger partial charge in [0.1, 0.15) is 5.75 Å². The van der Waals surface area contributed by atoms with E-state index in [0.29, 0.717) is 6.04 Å². The van der Waals surface area contributed by atoms with Crippen LogP contribution in [0.3, 0.4) is 0 Å². The van der Waals surface area contributed by atoms with Gasteiger partial charge < -0.3 is 14.2 Å². The van der Waals surface area contributed by atoms with Crippen molar-refractivity contribution in [3.05, 3.63) is 53.3 Å². The maximum absolute atomic E-state index is 12.4. The van der Waals surface area contributed by atoms with E-state index < -0.39 is 0 Å². The Morgan fingerprint density at radius 1 is 1.04 bits per heavy atom. The van der Waals surface area contributed by atoms with Crippen LogP contribution in [0.2, 0.25) is 0 Å². The molecule has 0 bridgehead atoms. The number of amides is 1. The Bertz CT molecular complexity index is 693. The van der Waals surface area contributed by atoms with E-state index in [4.69, 9.17) is 4.74 Å². The van der Waals surface area contributed by atoms with Gasteiger partial charge in [0.2, 0.25) is 0 Å². The average Bonchev–Trinajstić information content (AvgIpc) is 2.93. The first-order valence-corrected chi connectivity index (χ1v) is 8.67. The monoisotopic (exact) mass is 326 g/mol. The molecule has 128 valence electrons. The number of likely N-dealkylation sites (tertiary alicyclic amines) is 1.